The first-order chi connectivity index (χ1) is 11.2. The van der Waals surface area contributed by atoms with Crippen LogP contribution in [0.1, 0.15) is 39.5 Å². The Hall–Kier alpha value is -0.120. The number of aliphatic imine (C=N–C) groups is 1. The third-order valence-corrected chi connectivity index (χ3v) is 4.41. The molecule has 1 fully saturated rings. The van der Waals surface area contributed by atoms with E-state index >= 15 is 0 Å². The lowest BCUT2D eigenvalue weighted by Gasteiger charge is -2.24. The van der Waals surface area contributed by atoms with Crippen molar-refractivity contribution in [2.24, 2.45) is 4.99 Å². The van der Waals surface area contributed by atoms with Crippen molar-refractivity contribution in [2.75, 3.05) is 53.6 Å². The fraction of sp³-hybridized carbons (Fsp3) is 0.941. The summed E-state index contributed by atoms with van der Waals surface area (Å²) in [7, 11) is 3.97. The maximum absolute atomic E-state index is 5.65. The molecular formula is C17H37IN4O2. The monoisotopic (exact) mass is 456 g/mol. The molecule has 0 radical (unpaired) electrons. The zero-order chi connectivity index (χ0) is 16.9. The molecule has 2 atom stereocenters. The van der Waals surface area contributed by atoms with Gasteiger partial charge in [-0.25, -0.2) is 0 Å². The van der Waals surface area contributed by atoms with E-state index in [2.05, 4.69) is 41.4 Å². The third kappa shape index (κ3) is 10.7. The molecule has 2 unspecified atom stereocenters. The minimum absolute atomic E-state index is 0. The predicted molar refractivity (Wildman–Crippen MR) is 112 cm³/mol. The van der Waals surface area contributed by atoms with E-state index in [1.807, 2.05) is 7.05 Å². The first-order valence-corrected chi connectivity index (χ1v) is 9.01. The van der Waals surface area contributed by atoms with E-state index in [1.54, 1.807) is 0 Å². The van der Waals surface area contributed by atoms with Gasteiger partial charge in [-0.05, 0) is 39.7 Å². The Labute approximate surface area is 165 Å². The second kappa shape index (κ2) is 15.2. The molecule has 1 aliphatic rings. The Balaban J connectivity index is 0.00000529. The highest BCUT2D eigenvalue weighted by Crippen LogP contribution is 2.11. The van der Waals surface area contributed by atoms with Crippen LogP contribution in [0.5, 0.6) is 0 Å². The van der Waals surface area contributed by atoms with Gasteiger partial charge in [0.1, 0.15) is 0 Å². The molecule has 1 saturated heterocycles. The number of likely N-dealkylation sites (N-methyl/N-ethyl adjacent to an activating group) is 1. The van der Waals surface area contributed by atoms with E-state index in [0.717, 1.165) is 58.3 Å². The van der Waals surface area contributed by atoms with Crippen molar-refractivity contribution in [2.45, 2.75) is 51.7 Å². The van der Waals surface area contributed by atoms with Gasteiger partial charge < -0.3 is 25.0 Å². The number of hydrogen-bond acceptors (Lipinski definition) is 4. The number of nitrogens with one attached hydrogen (secondary N) is 2. The minimum atomic E-state index is 0. The highest BCUT2D eigenvalue weighted by molar-refractivity contribution is 14.0. The smallest absolute Gasteiger partial charge is 0.191 e. The van der Waals surface area contributed by atoms with Crippen LogP contribution in [0.15, 0.2) is 4.99 Å². The van der Waals surface area contributed by atoms with Crippen molar-refractivity contribution < 1.29 is 9.47 Å². The van der Waals surface area contributed by atoms with E-state index in [9.17, 15) is 0 Å². The molecule has 1 heterocycles. The summed E-state index contributed by atoms with van der Waals surface area (Å²) < 4.78 is 11.2. The summed E-state index contributed by atoms with van der Waals surface area (Å²) in [5.41, 5.74) is 0. The lowest BCUT2D eigenvalue weighted by molar-refractivity contribution is 0.0168. The van der Waals surface area contributed by atoms with Crippen molar-refractivity contribution in [1.29, 1.82) is 0 Å². The van der Waals surface area contributed by atoms with Gasteiger partial charge in [-0.1, -0.05) is 6.92 Å². The summed E-state index contributed by atoms with van der Waals surface area (Å²) in [5, 5.41) is 6.68. The normalized spacial score (nSPS) is 19.2. The molecule has 1 rings (SSSR count). The summed E-state index contributed by atoms with van der Waals surface area (Å²) in [4.78, 5) is 6.61. The number of hydrogen-bond donors (Lipinski definition) is 2. The number of rotatable bonds is 11. The highest BCUT2D eigenvalue weighted by atomic mass is 127. The quantitative estimate of drug-likeness (QED) is 0.216. The van der Waals surface area contributed by atoms with E-state index in [-0.39, 0.29) is 24.0 Å². The van der Waals surface area contributed by atoms with Gasteiger partial charge in [0, 0.05) is 45.9 Å². The average molecular weight is 456 g/mol. The molecule has 0 amide bonds. The highest BCUT2D eigenvalue weighted by Gasteiger charge is 2.14. The van der Waals surface area contributed by atoms with Crippen LogP contribution in [-0.2, 0) is 9.47 Å². The maximum atomic E-state index is 5.65. The molecule has 0 aliphatic carbocycles. The number of guanidine groups is 1. The summed E-state index contributed by atoms with van der Waals surface area (Å²) in [6, 6.07) is 0.618. The van der Waals surface area contributed by atoms with Gasteiger partial charge in [0.2, 0.25) is 0 Å². The standard InChI is InChI=1S/C17H36N4O2.HI/c1-5-15(2)21(4)11-10-20-17(18-3)19-9-7-12-22-14-16-8-6-13-23-16;/h15-16H,5-14H2,1-4H3,(H2,18,19,20);1H. The molecule has 6 nitrogen and oxygen atoms in total. The fourth-order valence-corrected chi connectivity index (χ4v) is 2.47. The number of halogens is 1. The zero-order valence-corrected chi connectivity index (χ0v) is 18.2. The Bertz CT molecular complexity index is 326. The fourth-order valence-electron chi connectivity index (χ4n) is 2.47. The molecule has 7 heteroatoms. The van der Waals surface area contributed by atoms with E-state index in [1.165, 1.54) is 12.8 Å². The summed E-state index contributed by atoms with van der Waals surface area (Å²) in [6.07, 6.45) is 4.78. The molecule has 0 bridgehead atoms. The molecule has 0 spiro atoms. The lowest BCUT2D eigenvalue weighted by atomic mass is 10.2. The maximum Gasteiger partial charge on any atom is 0.191 e. The second-order valence-corrected chi connectivity index (χ2v) is 6.23. The number of ether oxygens (including phenoxy) is 2. The summed E-state index contributed by atoms with van der Waals surface area (Å²) in [5.74, 6) is 0.863. The molecular weight excluding hydrogens is 419 g/mol. The van der Waals surface area contributed by atoms with Crippen LogP contribution >= 0.6 is 24.0 Å². The van der Waals surface area contributed by atoms with Gasteiger partial charge in [0.15, 0.2) is 5.96 Å². The minimum Gasteiger partial charge on any atom is -0.379 e. The Morgan fingerprint density at radius 3 is 2.75 bits per heavy atom. The van der Waals surface area contributed by atoms with E-state index in [4.69, 9.17) is 9.47 Å². The predicted octanol–water partition coefficient (Wildman–Crippen LogP) is 2.09. The van der Waals surface area contributed by atoms with Crippen LogP contribution in [0, 0.1) is 0 Å². The third-order valence-electron chi connectivity index (χ3n) is 4.41. The van der Waals surface area contributed by atoms with Crippen molar-refractivity contribution in [3.8, 4) is 0 Å². The van der Waals surface area contributed by atoms with Gasteiger partial charge in [0.05, 0.1) is 12.7 Å². The van der Waals surface area contributed by atoms with Crippen LogP contribution in [0.4, 0.5) is 0 Å². The van der Waals surface area contributed by atoms with Gasteiger partial charge in [-0.15, -0.1) is 24.0 Å². The lowest BCUT2D eigenvalue weighted by Crippen LogP contribution is -2.42. The first kappa shape index (κ1) is 23.9. The van der Waals surface area contributed by atoms with Crippen molar-refractivity contribution in [1.82, 2.24) is 15.5 Å². The first-order valence-electron chi connectivity index (χ1n) is 9.01. The topological polar surface area (TPSA) is 58.1 Å². The largest absolute Gasteiger partial charge is 0.379 e. The summed E-state index contributed by atoms with van der Waals surface area (Å²) >= 11 is 0. The molecule has 0 aromatic heterocycles. The Morgan fingerprint density at radius 2 is 2.12 bits per heavy atom. The molecule has 144 valence electrons. The van der Waals surface area contributed by atoms with Crippen LogP contribution in [0.25, 0.3) is 0 Å². The SMILES string of the molecule is CCC(C)N(C)CCNC(=NC)NCCCOCC1CCCO1.I. The van der Waals surface area contributed by atoms with Crippen molar-refractivity contribution >= 4 is 29.9 Å². The Kier molecular flexibility index (Phi) is 15.1. The Morgan fingerprint density at radius 1 is 1.38 bits per heavy atom. The van der Waals surface area contributed by atoms with Crippen molar-refractivity contribution in [3.63, 3.8) is 0 Å². The van der Waals surface area contributed by atoms with E-state index < -0.39 is 0 Å². The zero-order valence-electron chi connectivity index (χ0n) is 15.8. The molecule has 0 saturated carbocycles. The molecule has 2 N–H and O–H groups in total. The van der Waals surface area contributed by atoms with Crippen LogP contribution in [0.2, 0.25) is 0 Å². The van der Waals surface area contributed by atoms with Crippen molar-refractivity contribution in [3.05, 3.63) is 0 Å². The molecule has 1 aliphatic heterocycles. The van der Waals surface area contributed by atoms with E-state index in [0.29, 0.717) is 12.1 Å². The van der Waals surface area contributed by atoms with Gasteiger partial charge in [0.25, 0.3) is 0 Å². The van der Waals surface area contributed by atoms with Gasteiger partial charge in [-0.2, -0.15) is 0 Å². The molecule has 0 aromatic carbocycles. The van der Waals surface area contributed by atoms with Crippen LogP contribution < -0.4 is 10.6 Å². The summed E-state index contributed by atoms with van der Waals surface area (Å²) in [6.45, 7) is 9.64. The molecule has 24 heavy (non-hydrogen) atoms. The number of nitrogens with zero attached hydrogens (tertiary/aromatic N) is 2. The van der Waals surface area contributed by atoms with Crippen LogP contribution in [-0.4, -0.2) is 76.6 Å². The average Bonchev–Trinajstić information content (AvgIpc) is 3.08. The molecule has 0 aromatic rings. The second-order valence-electron chi connectivity index (χ2n) is 6.23. The van der Waals surface area contributed by atoms with Crippen LogP contribution in [0.3, 0.4) is 0 Å². The van der Waals surface area contributed by atoms with Gasteiger partial charge in [-0.3, -0.25) is 4.99 Å². The van der Waals surface area contributed by atoms with Gasteiger partial charge >= 0.3 is 0 Å².